The fourth-order valence-corrected chi connectivity index (χ4v) is 3.16. The number of rotatable bonds is 8. The van der Waals surface area contributed by atoms with E-state index < -0.39 is 0 Å². The minimum Gasteiger partial charge on any atom is -0.493 e. The van der Waals surface area contributed by atoms with Crippen LogP contribution in [0.1, 0.15) is 31.4 Å². The van der Waals surface area contributed by atoms with Gasteiger partial charge in [-0.1, -0.05) is 36.2 Å². The standard InChI is InChI=1S/C19H22BrCl2NO2.ClH/c1-4-12(2)23-10-14-7-15(20)19(18(9-14)24-3)25-11-13-5-6-16(21)17(22)8-13;/h5-9,12,23H,4,10-11H2,1-3H3;1H. The van der Waals surface area contributed by atoms with Gasteiger partial charge in [0, 0.05) is 12.6 Å². The number of hydrogen-bond donors (Lipinski definition) is 1. The molecule has 0 saturated heterocycles. The van der Waals surface area contributed by atoms with Crippen LogP contribution < -0.4 is 14.8 Å². The van der Waals surface area contributed by atoms with E-state index in [9.17, 15) is 0 Å². The molecule has 1 N–H and O–H groups in total. The van der Waals surface area contributed by atoms with Crippen LogP contribution in [0.25, 0.3) is 0 Å². The first-order valence-electron chi connectivity index (χ1n) is 8.11. The van der Waals surface area contributed by atoms with Gasteiger partial charge in [0.15, 0.2) is 11.5 Å². The van der Waals surface area contributed by atoms with Gasteiger partial charge in [-0.2, -0.15) is 0 Å². The molecule has 2 aromatic carbocycles. The van der Waals surface area contributed by atoms with Crippen molar-refractivity contribution in [3.05, 3.63) is 56.0 Å². The van der Waals surface area contributed by atoms with Crippen molar-refractivity contribution in [3.8, 4) is 11.5 Å². The zero-order chi connectivity index (χ0) is 18.4. The van der Waals surface area contributed by atoms with Crippen molar-refractivity contribution < 1.29 is 9.47 Å². The van der Waals surface area contributed by atoms with E-state index in [2.05, 4.69) is 35.1 Å². The van der Waals surface area contributed by atoms with Gasteiger partial charge in [0.25, 0.3) is 0 Å². The van der Waals surface area contributed by atoms with Gasteiger partial charge in [-0.25, -0.2) is 0 Å². The predicted octanol–water partition coefficient (Wildman–Crippen LogP) is 6.65. The van der Waals surface area contributed by atoms with Crippen LogP contribution in [-0.2, 0) is 13.2 Å². The largest absolute Gasteiger partial charge is 0.493 e. The SMILES string of the molecule is CCC(C)NCc1cc(Br)c(OCc2ccc(Cl)c(Cl)c2)c(OC)c1.Cl. The monoisotopic (exact) mass is 481 g/mol. The highest BCUT2D eigenvalue weighted by molar-refractivity contribution is 9.10. The lowest BCUT2D eigenvalue weighted by molar-refractivity contribution is 0.282. The van der Waals surface area contributed by atoms with Gasteiger partial charge < -0.3 is 14.8 Å². The van der Waals surface area contributed by atoms with Crippen LogP contribution >= 0.6 is 51.5 Å². The Labute approximate surface area is 179 Å². The first-order valence-corrected chi connectivity index (χ1v) is 9.66. The van der Waals surface area contributed by atoms with Gasteiger partial charge in [0.2, 0.25) is 0 Å². The molecule has 3 nitrogen and oxygen atoms in total. The number of nitrogens with one attached hydrogen (secondary N) is 1. The smallest absolute Gasteiger partial charge is 0.175 e. The van der Waals surface area contributed by atoms with E-state index in [0.29, 0.717) is 34.2 Å². The molecule has 2 aromatic rings. The Morgan fingerprint density at radius 2 is 1.85 bits per heavy atom. The molecule has 1 atom stereocenters. The molecule has 0 heterocycles. The van der Waals surface area contributed by atoms with E-state index >= 15 is 0 Å². The summed E-state index contributed by atoms with van der Waals surface area (Å²) >= 11 is 15.6. The van der Waals surface area contributed by atoms with Gasteiger partial charge in [-0.3, -0.25) is 0 Å². The van der Waals surface area contributed by atoms with E-state index in [1.807, 2.05) is 18.2 Å². The number of hydrogen-bond acceptors (Lipinski definition) is 3. The Morgan fingerprint density at radius 1 is 1.12 bits per heavy atom. The van der Waals surface area contributed by atoms with E-state index in [0.717, 1.165) is 28.6 Å². The van der Waals surface area contributed by atoms with Crippen molar-refractivity contribution in [1.82, 2.24) is 5.32 Å². The van der Waals surface area contributed by atoms with Gasteiger partial charge >= 0.3 is 0 Å². The van der Waals surface area contributed by atoms with Crippen molar-refractivity contribution in [1.29, 1.82) is 0 Å². The summed E-state index contributed by atoms with van der Waals surface area (Å²) in [4.78, 5) is 0. The zero-order valence-corrected chi connectivity index (χ0v) is 18.9. The molecule has 0 aliphatic rings. The maximum Gasteiger partial charge on any atom is 0.175 e. The summed E-state index contributed by atoms with van der Waals surface area (Å²) in [7, 11) is 1.64. The lowest BCUT2D eigenvalue weighted by Crippen LogP contribution is -2.24. The molecule has 0 radical (unpaired) electrons. The summed E-state index contributed by atoms with van der Waals surface area (Å²) in [6.45, 7) is 5.47. The minimum absolute atomic E-state index is 0. The van der Waals surface area contributed by atoms with Crippen LogP contribution in [-0.4, -0.2) is 13.2 Å². The molecular formula is C19H23BrCl3NO2. The van der Waals surface area contributed by atoms with Crippen LogP contribution in [0, 0.1) is 0 Å². The number of ether oxygens (including phenoxy) is 2. The second kappa shape index (κ2) is 11.3. The zero-order valence-electron chi connectivity index (χ0n) is 14.9. The fraction of sp³-hybridized carbons (Fsp3) is 0.368. The molecule has 0 aromatic heterocycles. The number of benzene rings is 2. The summed E-state index contributed by atoms with van der Waals surface area (Å²) in [5, 5.41) is 4.52. The maximum absolute atomic E-state index is 6.05. The van der Waals surface area contributed by atoms with Crippen LogP contribution in [0.3, 0.4) is 0 Å². The normalized spacial score (nSPS) is 11.6. The number of halogens is 4. The Morgan fingerprint density at radius 3 is 2.46 bits per heavy atom. The second-order valence-electron chi connectivity index (χ2n) is 5.84. The molecule has 26 heavy (non-hydrogen) atoms. The summed E-state index contributed by atoms with van der Waals surface area (Å²) in [6.07, 6.45) is 1.09. The molecule has 0 fully saturated rings. The number of methoxy groups -OCH3 is 1. The summed E-state index contributed by atoms with van der Waals surface area (Å²) < 4.78 is 12.3. The van der Waals surface area contributed by atoms with Gasteiger partial charge in [-0.15, -0.1) is 12.4 Å². The molecule has 0 amide bonds. The van der Waals surface area contributed by atoms with Crippen LogP contribution in [0.5, 0.6) is 11.5 Å². The molecule has 0 aliphatic heterocycles. The Balaban J connectivity index is 0.00000338. The molecule has 7 heteroatoms. The predicted molar refractivity (Wildman–Crippen MR) is 115 cm³/mol. The van der Waals surface area contributed by atoms with Gasteiger partial charge in [-0.05, 0) is 64.7 Å². The molecule has 0 saturated carbocycles. The molecule has 2 rings (SSSR count). The third-order valence-electron chi connectivity index (χ3n) is 3.92. The molecular weight excluding hydrogens is 460 g/mol. The van der Waals surface area contributed by atoms with Crippen molar-refractivity contribution in [2.45, 2.75) is 39.5 Å². The highest BCUT2D eigenvalue weighted by Crippen LogP contribution is 2.37. The topological polar surface area (TPSA) is 30.5 Å². The highest BCUT2D eigenvalue weighted by atomic mass is 79.9. The molecule has 144 valence electrons. The average molecular weight is 484 g/mol. The quantitative estimate of drug-likeness (QED) is 0.456. The van der Waals surface area contributed by atoms with E-state index in [4.69, 9.17) is 32.7 Å². The van der Waals surface area contributed by atoms with E-state index in [1.54, 1.807) is 19.2 Å². The third kappa shape index (κ3) is 6.50. The van der Waals surface area contributed by atoms with Crippen molar-refractivity contribution >= 4 is 51.5 Å². The van der Waals surface area contributed by atoms with Crippen molar-refractivity contribution in [2.24, 2.45) is 0 Å². The molecule has 0 bridgehead atoms. The van der Waals surface area contributed by atoms with Crippen LogP contribution in [0.15, 0.2) is 34.8 Å². The molecule has 1 unspecified atom stereocenters. The fourth-order valence-electron chi connectivity index (χ4n) is 2.24. The van der Waals surface area contributed by atoms with Crippen molar-refractivity contribution in [3.63, 3.8) is 0 Å². The van der Waals surface area contributed by atoms with E-state index in [1.165, 1.54) is 0 Å². The average Bonchev–Trinajstić information content (AvgIpc) is 2.61. The summed E-state index contributed by atoms with van der Waals surface area (Å²) in [5.41, 5.74) is 2.07. The van der Waals surface area contributed by atoms with Crippen LogP contribution in [0.2, 0.25) is 10.0 Å². The van der Waals surface area contributed by atoms with Crippen LogP contribution in [0.4, 0.5) is 0 Å². The summed E-state index contributed by atoms with van der Waals surface area (Å²) in [6, 6.07) is 9.95. The van der Waals surface area contributed by atoms with Gasteiger partial charge in [0.05, 0.1) is 21.6 Å². The maximum atomic E-state index is 6.05. The minimum atomic E-state index is 0. The Hall–Kier alpha value is -0.650. The lowest BCUT2D eigenvalue weighted by atomic mass is 10.1. The third-order valence-corrected chi connectivity index (χ3v) is 5.25. The Bertz CT molecular complexity index is 728. The van der Waals surface area contributed by atoms with E-state index in [-0.39, 0.29) is 12.4 Å². The second-order valence-corrected chi connectivity index (χ2v) is 7.51. The highest BCUT2D eigenvalue weighted by Gasteiger charge is 2.13. The first-order chi connectivity index (χ1) is 11.9. The van der Waals surface area contributed by atoms with Crippen molar-refractivity contribution in [2.75, 3.05) is 7.11 Å². The lowest BCUT2D eigenvalue weighted by Gasteiger charge is -2.16. The summed E-state index contributed by atoms with van der Waals surface area (Å²) in [5.74, 6) is 1.36. The van der Waals surface area contributed by atoms with Gasteiger partial charge in [0.1, 0.15) is 6.61 Å². The Kier molecular flexibility index (Phi) is 10.1. The molecule has 0 spiro atoms. The first kappa shape index (κ1) is 23.4. The molecule has 0 aliphatic carbocycles.